The monoisotopic (exact) mass is 411 g/mol. The van der Waals surface area contributed by atoms with Crippen LogP contribution in [0.15, 0.2) is 69.8 Å². The summed E-state index contributed by atoms with van der Waals surface area (Å²) >= 11 is 3.39. The van der Waals surface area contributed by atoms with Gasteiger partial charge in [0.15, 0.2) is 0 Å². The Morgan fingerprint density at radius 2 is 1.65 bits per heavy atom. The Bertz CT molecular complexity index is 925. The van der Waals surface area contributed by atoms with Gasteiger partial charge < -0.3 is 4.74 Å². The predicted octanol–water partition coefficient (Wildman–Crippen LogP) is 4.63. The summed E-state index contributed by atoms with van der Waals surface area (Å²) in [6.45, 7) is 3.74. The summed E-state index contributed by atoms with van der Waals surface area (Å²) in [5.74, 6) is -0.761. The molecule has 3 rings (SSSR count). The van der Waals surface area contributed by atoms with Crippen LogP contribution < -0.4 is 4.90 Å². The summed E-state index contributed by atoms with van der Waals surface area (Å²) in [5, 5.41) is 0. The molecule has 1 aliphatic heterocycles. The summed E-state index contributed by atoms with van der Waals surface area (Å²) in [6.07, 6.45) is 1.72. The first-order chi connectivity index (χ1) is 12.4. The molecule has 1 heterocycles. The van der Waals surface area contributed by atoms with Crippen molar-refractivity contribution >= 4 is 39.6 Å². The normalized spacial score (nSPS) is 15.8. The Morgan fingerprint density at radius 3 is 2.23 bits per heavy atom. The molecule has 2 aromatic carbocycles. The lowest BCUT2D eigenvalue weighted by Gasteiger charge is -2.18. The number of aryl methyl sites for hydroxylation is 1. The van der Waals surface area contributed by atoms with Gasteiger partial charge in [-0.15, -0.1) is 0 Å². The molecule has 4 nitrogen and oxygen atoms in total. The summed E-state index contributed by atoms with van der Waals surface area (Å²) in [4.78, 5) is 27.0. The maximum atomic E-state index is 13.1. The molecule has 0 aliphatic carbocycles. The molecule has 0 atom stereocenters. The fourth-order valence-corrected chi connectivity index (χ4v) is 3.17. The number of esters is 1. The SMILES string of the molecule is COC(=O)C1=C(C)N(c2ccc(C)cc2)C(=O)/C1=C\c1ccc(Br)cc1. The molecular weight excluding hydrogens is 394 g/mol. The Hall–Kier alpha value is -2.66. The highest BCUT2D eigenvalue weighted by atomic mass is 79.9. The van der Waals surface area contributed by atoms with Gasteiger partial charge in [0.2, 0.25) is 0 Å². The van der Waals surface area contributed by atoms with Crippen LogP contribution in [-0.2, 0) is 14.3 Å². The van der Waals surface area contributed by atoms with E-state index in [2.05, 4.69) is 15.9 Å². The van der Waals surface area contributed by atoms with Crippen LogP contribution in [-0.4, -0.2) is 19.0 Å². The molecule has 0 aromatic heterocycles. The third kappa shape index (κ3) is 3.35. The second-order valence-electron chi connectivity index (χ2n) is 6.04. The van der Waals surface area contributed by atoms with Gasteiger partial charge in [-0.2, -0.15) is 0 Å². The van der Waals surface area contributed by atoms with Crippen molar-refractivity contribution in [3.63, 3.8) is 0 Å². The van der Waals surface area contributed by atoms with Crippen molar-refractivity contribution in [2.45, 2.75) is 13.8 Å². The van der Waals surface area contributed by atoms with Gasteiger partial charge in [0, 0.05) is 15.9 Å². The molecule has 0 saturated heterocycles. The van der Waals surface area contributed by atoms with Crippen LogP contribution in [0.25, 0.3) is 6.08 Å². The molecule has 2 aromatic rings. The fraction of sp³-hybridized carbons (Fsp3) is 0.143. The van der Waals surface area contributed by atoms with Crippen molar-refractivity contribution in [3.05, 3.63) is 81.0 Å². The summed E-state index contributed by atoms with van der Waals surface area (Å²) in [7, 11) is 1.32. The summed E-state index contributed by atoms with van der Waals surface area (Å²) in [5.41, 5.74) is 3.84. The highest BCUT2D eigenvalue weighted by molar-refractivity contribution is 9.10. The van der Waals surface area contributed by atoms with E-state index in [0.717, 1.165) is 21.3 Å². The summed E-state index contributed by atoms with van der Waals surface area (Å²) in [6, 6.07) is 15.1. The van der Waals surface area contributed by atoms with Gasteiger partial charge in [0.25, 0.3) is 5.91 Å². The molecule has 5 heteroatoms. The van der Waals surface area contributed by atoms with Gasteiger partial charge in [0.05, 0.1) is 18.3 Å². The molecule has 1 aliphatic rings. The first-order valence-electron chi connectivity index (χ1n) is 8.10. The van der Waals surface area contributed by atoms with Crippen LogP contribution in [0.4, 0.5) is 5.69 Å². The van der Waals surface area contributed by atoms with E-state index in [-0.39, 0.29) is 5.91 Å². The van der Waals surface area contributed by atoms with Crippen LogP contribution in [0.1, 0.15) is 18.1 Å². The van der Waals surface area contributed by atoms with E-state index in [0.29, 0.717) is 16.8 Å². The van der Waals surface area contributed by atoms with Gasteiger partial charge in [-0.1, -0.05) is 45.8 Å². The average molecular weight is 412 g/mol. The van der Waals surface area contributed by atoms with Crippen LogP contribution in [0.2, 0.25) is 0 Å². The molecule has 0 bridgehead atoms. The Kier molecular flexibility index (Phi) is 5.09. The predicted molar refractivity (Wildman–Crippen MR) is 106 cm³/mol. The van der Waals surface area contributed by atoms with E-state index in [1.807, 2.05) is 55.5 Å². The number of rotatable bonds is 3. The molecule has 1 amide bonds. The van der Waals surface area contributed by atoms with E-state index >= 15 is 0 Å². The van der Waals surface area contributed by atoms with Gasteiger partial charge in [0.1, 0.15) is 0 Å². The minimum absolute atomic E-state index is 0.241. The fourth-order valence-electron chi connectivity index (χ4n) is 2.91. The number of hydrogen-bond acceptors (Lipinski definition) is 3. The standard InChI is InChI=1S/C21H18BrNO3/c1-13-4-10-17(11-5-13)23-14(2)19(21(25)26-3)18(20(23)24)12-15-6-8-16(22)9-7-15/h4-12H,1-3H3/b18-12-. The molecule has 0 radical (unpaired) electrons. The maximum absolute atomic E-state index is 13.1. The minimum Gasteiger partial charge on any atom is -0.465 e. The highest BCUT2D eigenvalue weighted by Crippen LogP contribution is 2.35. The number of carbonyl (C=O) groups excluding carboxylic acids is 2. The number of benzene rings is 2. The smallest absolute Gasteiger partial charge is 0.340 e. The number of nitrogens with zero attached hydrogens (tertiary/aromatic N) is 1. The third-order valence-electron chi connectivity index (χ3n) is 4.26. The Balaban J connectivity index is 2.12. The Morgan fingerprint density at radius 1 is 1.04 bits per heavy atom. The van der Waals surface area contributed by atoms with Gasteiger partial charge in [-0.05, 0) is 49.8 Å². The largest absolute Gasteiger partial charge is 0.465 e. The number of anilines is 1. The van der Waals surface area contributed by atoms with Crippen molar-refractivity contribution in [1.82, 2.24) is 0 Å². The number of carbonyl (C=O) groups is 2. The van der Waals surface area contributed by atoms with E-state index in [4.69, 9.17) is 4.74 Å². The van der Waals surface area contributed by atoms with E-state index in [1.165, 1.54) is 7.11 Å². The minimum atomic E-state index is -0.520. The van der Waals surface area contributed by atoms with E-state index in [9.17, 15) is 9.59 Å². The number of amides is 1. The van der Waals surface area contributed by atoms with Crippen molar-refractivity contribution in [2.24, 2.45) is 0 Å². The second-order valence-corrected chi connectivity index (χ2v) is 6.95. The van der Waals surface area contributed by atoms with Crippen molar-refractivity contribution < 1.29 is 14.3 Å². The topological polar surface area (TPSA) is 46.6 Å². The number of halogens is 1. The molecule has 26 heavy (non-hydrogen) atoms. The Labute approximate surface area is 160 Å². The van der Waals surface area contributed by atoms with E-state index < -0.39 is 5.97 Å². The van der Waals surface area contributed by atoms with Crippen LogP contribution in [0.5, 0.6) is 0 Å². The van der Waals surface area contributed by atoms with Gasteiger partial charge in [-0.3, -0.25) is 9.69 Å². The first-order valence-corrected chi connectivity index (χ1v) is 8.89. The lowest BCUT2D eigenvalue weighted by atomic mass is 10.0. The number of hydrogen-bond donors (Lipinski definition) is 0. The quantitative estimate of drug-likeness (QED) is 0.546. The van der Waals surface area contributed by atoms with E-state index in [1.54, 1.807) is 17.9 Å². The molecule has 0 N–H and O–H groups in total. The highest BCUT2D eigenvalue weighted by Gasteiger charge is 2.37. The first kappa shape index (κ1) is 18.1. The van der Waals surface area contributed by atoms with Crippen molar-refractivity contribution in [2.75, 3.05) is 12.0 Å². The second kappa shape index (κ2) is 7.30. The van der Waals surface area contributed by atoms with Crippen LogP contribution in [0.3, 0.4) is 0 Å². The summed E-state index contributed by atoms with van der Waals surface area (Å²) < 4.78 is 5.86. The molecule has 0 unspecified atom stereocenters. The average Bonchev–Trinajstić information content (AvgIpc) is 2.87. The molecule has 132 valence electrons. The molecule has 0 fully saturated rings. The van der Waals surface area contributed by atoms with Crippen molar-refractivity contribution in [3.8, 4) is 0 Å². The zero-order valence-corrected chi connectivity index (χ0v) is 16.3. The zero-order chi connectivity index (χ0) is 18.8. The van der Waals surface area contributed by atoms with Crippen LogP contribution in [0, 0.1) is 6.92 Å². The number of allylic oxidation sites excluding steroid dienone is 1. The molecule has 0 saturated carbocycles. The van der Waals surface area contributed by atoms with Gasteiger partial charge in [-0.25, -0.2) is 4.79 Å². The lowest BCUT2D eigenvalue weighted by molar-refractivity contribution is -0.136. The lowest BCUT2D eigenvalue weighted by Crippen LogP contribution is -2.24. The van der Waals surface area contributed by atoms with Crippen LogP contribution >= 0.6 is 15.9 Å². The number of ether oxygens (including phenoxy) is 1. The zero-order valence-electron chi connectivity index (χ0n) is 14.7. The molecular formula is C21H18BrNO3. The molecule has 0 spiro atoms. The van der Waals surface area contributed by atoms with Crippen molar-refractivity contribution in [1.29, 1.82) is 0 Å². The maximum Gasteiger partial charge on any atom is 0.340 e. The number of methoxy groups -OCH3 is 1. The third-order valence-corrected chi connectivity index (χ3v) is 4.79. The van der Waals surface area contributed by atoms with Gasteiger partial charge >= 0.3 is 5.97 Å².